The van der Waals surface area contributed by atoms with E-state index in [2.05, 4.69) is 22.0 Å². The van der Waals surface area contributed by atoms with Gasteiger partial charge in [-0.15, -0.1) is 0 Å². The highest BCUT2D eigenvalue weighted by Crippen LogP contribution is 2.32. The van der Waals surface area contributed by atoms with Gasteiger partial charge in [-0.25, -0.2) is 19.8 Å². The number of benzene rings is 3. The molecule has 3 aromatic carbocycles. The molecule has 0 bridgehead atoms. The third kappa shape index (κ3) is 5.58. The van der Waals surface area contributed by atoms with E-state index in [-0.39, 0.29) is 0 Å². The van der Waals surface area contributed by atoms with Crippen LogP contribution in [0, 0.1) is 6.57 Å². The van der Waals surface area contributed by atoms with E-state index in [9.17, 15) is 0 Å². The Hall–Kier alpha value is -6.32. The molecule has 4 heterocycles. The number of pyridine rings is 3. The van der Waals surface area contributed by atoms with Crippen molar-refractivity contribution in [3.8, 4) is 67.8 Å². The maximum absolute atomic E-state index is 7.29. The molecule has 206 valence electrons. The highest BCUT2D eigenvalue weighted by atomic mass is 14.9. The van der Waals surface area contributed by atoms with Crippen LogP contribution in [0.5, 0.6) is 0 Å². The third-order valence-corrected chi connectivity index (χ3v) is 7.23. The molecule has 44 heavy (non-hydrogen) atoms. The molecular weight excluding hydrogens is 540 g/mol. The molecule has 0 radical (unpaired) electrons. The number of hydrogen-bond acceptors (Lipinski definition) is 5. The van der Waals surface area contributed by atoms with E-state index < -0.39 is 0 Å². The molecule has 6 heteroatoms. The molecule has 0 N–H and O–H groups in total. The van der Waals surface area contributed by atoms with Crippen LogP contribution in [0.1, 0.15) is 0 Å². The number of aromatic nitrogens is 5. The molecule has 0 saturated carbocycles. The van der Waals surface area contributed by atoms with Crippen molar-refractivity contribution in [2.45, 2.75) is 0 Å². The van der Waals surface area contributed by atoms with Crippen LogP contribution in [-0.2, 0) is 0 Å². The van der Waals surface area contributed by atoms with E-state index in [1.54, 1.807) is 6.20 Å². The second-order valence-corrected chi connectivity index (χ2v) is 10.1. The minimum Gasteiger partial charge on any atom is -0.255 e. The summed E-state index contributed by atoms with van der Waals surface area (Å²) in [6.45, 7) is 7.29. The number of rotatable bonds is 6. The highest BCUT2D eigenvalue weighted by molar-refractivity contribution is 5.77. The first-order chi connectivity index (χ1) is 21.7. The van der Waals surface area contributed by atoms with Gasteiger partial charge in [0.2, 0.25) is 0 Å². The largest absolute Gasteiger partial charge is 0.255 e. The van der Waals surface area contributed by atoms with Crippen LogP contribution < -0.4 is 0 Å². The standard InChI is InChI=1S/C38H24N6/c1-39-31-18-15-26(16-19-31)30-22-36(32-14-8-9-21-40-32)42-37(23-30)33-20-17-29(25-41-33)35-24-34(27-10-4-2-5-11-27)43-38(44-35)28-12-6-3-7-13-28/h2-25H. The predicted octanol–water partition coefficient (Wildman–Crippen LogP) is 9.21. The van der Waals surface area contributed by atoms with E-state index in [1.165, 1.54) is 0 Å². The Morgan fingerprint density at radius 1 is 0.409 bits per heavy atom. The lowest BCUT2D eigenvalue weighted by molar-refractivity contribution is 1.17. The Morgan fingerprint density at radius 3 is 1.64 bits per heavy atom. The molecule has 0 saturated heterocycles. The number of hydrogen-bond donors (Lipinski definition) is 0. The monoisotopic (exact) mass is 564 g/mol. The SMILES string of the molecule is [C-]#[N+]c1ccc(-c2cc(-c3ccccn3)nc(-c3ccc(-c4cc(-c5ccccc5)nc(-c5ccccc5)n4)cn3)c2)cc1. The maximum Gasteiger partial charge on any atom is 0.187 e. The third-order valence-electron chi connectivity index (χ3n) is 7.23. The second kappa shape index (κ2) is 11.9. The first-order valence-corrected chi connectivity index (χ1v) is 14.1. The predicted molar refractivity (Wildman–Crippen MR) is 174 cm³/mol. The van der Waals surface area contributed by atoms with Gasteiger partial charge >= 0.3 is 0 Å². The average Bonchev–Trinajstić information content (AvgIpc) is 3.12. The van der Waals surface area contributed by atoms with Crippen molar-refractivity contribution in [3.63, 3.8) is 0 Å². The summed E-state index contributed by atoms with van der Waals surface area (Å²) in [7, 11) is 0. The lowest BCUT2D eigenvalue weighted by atomic mass is 10.0. The molecular formula is C38H24N6. The Kier molecular flexibility index (Phi) is 7.18. The molecule has 7 rings (SSSR count). The van der Waals surface area contributed by atoms with Gasteiger partial charge in [0.25, 0.3) is 0 Å². The van der Waals surface area contributed by atoms with E-state index >= 15 is 0 Å². The Bertz CT molecular complexity index is 2030. The molecule has 4 aromatic heterocycles. The van der Waals surface area contributed by atoms with Gasteiger partial charge in [0.15, 0.2) is 11.5 Å². The fourth-order valence-electron chi connectivity index (χ4n) is 4.97. The summed E-state index contributed by atoms with van der Waals surface area (Å²) < 4.78 is 0. The van der Waals surface area contributed by atoms with Gasteiger partial charge in [-0.2, -0.15) is 0 Å². The van der Waals surface area contributed by atoms with Crippen molar-refractivity contribution in [2.75, 3.05) is 0 Å². The Balaban J connectivity index is 1.30. The molecule has 0 aliphatic carbocycles. The molecule has 0 atom stereocenters. The summed E-state index contributed by atoms with van der Waals surface area (Å²) in [5.74, 6) is 0.657. The summed E-state index contributed by atoms with van der Waals surface area (Å²) in [6.07, 6.45) is 3.59. The molecule has 0 amide bonds. The van der Waals surface area contributed by atoms with Gasteiger partial charge in [0.1, 0.15) is 0 Å². The summed E-state index contributed by atoms with van der Waals surface area (Å²) in [5.41, 5.74) is 9.99. The zero-order valence-corrected chi connectivity index (χ0v) is 23.5. The first kappa shape index (κ1) is 26.6. The lowest BCUT2D eigenvalue weighted by Crippen LogP contribution is -1.97. The second-order valence-electron chi connectivity index (χ2n) is 10.1. The van der Waals surface area contributed by atoms with Crippen LogP contribution in [0.25, 0.3) is 72.7 Å². The van der Waals surface area contributed by atoms with E-state index in [0.717, 1.165) is 62.0 Å². The zero-order valence-electron chi connectivity index (χ0n) is 23.5. The smallest absolute Gasteiger partial charge is 0.187 e. The van der Waals surface area contributed by atoms with Crippen molar-refractivity contribution in [1.29, 1.82) is 0 Å². The van der Waals surface area contributed by atoms with Crippen LogP contribution in [-0.4, -0.2) is 24.9 Å². The molecule has 0 unspecified atom stereocenters. The van der Waals surface area contributed by atoms with Crippen LogP contribution in [0.15, 0.2) is 146 Å². The topological polar surface area (TPSA) is 68.8 Å². The fourth-order valence-corrected chi connectivity index (χ4v) is 4.97. The van der Waals surface area contributed by atoms with Gasteiger partial charge in [0, 0.05) is 29.1 Å². The van der Waals surface area contributed by atoms with Crippen molar-refractivity contribution in [1.82, 2.24) is 24.9 Å². The Morgan fingerprint density at radius 2 is 1.02 bits per heavy atom. The van der Waals surface area contributed by atoms with Gasteiger partial charge in [-0.05, 0) is 53.6 Å². The first-order valence-electron chi connectivity index (χ1n) is 14.1. The molecule has 0 aliphatic rings. The maximum atomic E-state index is 7.29. The zero-order chi connectivity index (χ0) is 29.7. The molecule has 7 aromatic rings. The van der Waals surface area contributed by atoms with E-state index in [0.29, 0.717) is 11.5 Å². The van der Waals surface area contributed by atoms with E-state index in [1.807, 2.05) is 128 Å². The van der Waals surface area contributed by atoms with Crippen molar-refractivity contribution >= 4 is 5.69 Å². The van der Waals surface area contributed by atoms with Gasteiger partial charge in [-0.1, -0.05) is 91.0 Å². The summed E-state index contributed by atoms with van der Waals surface area (Å²) in [4.78, 5) is 27.7. The minimum atomic E-state index is 0.598. The van der Waals surface area contributed by atoms with Crippen LogP contribution in [0.4, 0.5) is 5.69 Å². The summed E-state index contributed by atoms with van der Waals surface area (Å²) in [6, 6.07) is 43.5. The fraction of sp³-hybridized carbons (Fsp3) is 0. The van der Waals surface area contributed by atoms with Crippen molar-refractivity contribution in [2.24, 2.45) is 0 Å². The summed E-state index contributed by atoms with van der Waals surface area (Å²) >= 11 is 0. The molecule has 0 fully saturated rings. The van der Waals surface area contributed by atoms with Crippen molar-refractivity contribution in [3.05, 3.63) is 157 Å². The van der Waals surface area contributed by atoms with Crippen molar-refractivity contribution < 1.29 is 0 Å². The molecule has 0 spiro atoms. The molecule has 6 nitrogen and oxygen atoms in total. The van der Waals surface area contributed by atoms with Gasteiger partial charge < -0.3 is 0 Å². The molecule has 0 aliphatic heterocycles. The normalized spacial score (nSPS) is 10.7. The quantitative estimate of drug-likeness (QED) is 0.188. The summed E-state index contributed by atoms with van der Waals surface area (Å²) in [5, 5.41) is 0. The van der Waals surface area contributed by atoms with E-state index in [4.69, 9.17) is 26.5 Å². The lowest BCUT2D eigenvalue weighted by Gasteiger charge is -2.11. The van der Waals surface area contributed by atoms with Gasteiger partial charge in [-0.3, -0.25) is 9.97 Å². The van der Waals surface area contributed by atoms with Crippen LogP contribution in [0.3, 0.4) is 0 Å². The Labute approximate surface area is 255 Å². The highest BCUT2D eigenvalue weighted by Gasteiger charge is 2.13. The average molecular weight is 565 g/mol. The van der Waals surface area contributed by atoms with Crippen LogP contribution >= 0.6 is 0 Å². The van der Waals surface area contributed by atoms with Crippen LogP contribution in [0.2, 0.25) is 0 Å². The minimum absolute atomic E-state index is 0.598. The number of nitrogens with zero attached hydrogens (tertiary/aromatic N) is 6. The van der Waals surface area contributed by atoms with Gasteiger partial charge in [0.05, 0.1) is 40.7 Å².